The largest absolute Gasteiger partial charge is 0.325 e. The lowest BCUT2D eigenvalue weighted by atomic mass is 10.2. The van der Waals surface area contributed by atoms with Gasteiger partial charge in [0.2, 0.25) is 0 Å². The van der Waals surface area contributed by atoms with E-state index in [-0.39, 0.29) is 5.69 Å². The molecule has 0 bridgehead atoms. The molecule has 2 aromatic rings. The zero-order valence-corrected chi connectivity index (χ0v) is 7.32. The average Bonchev–Trinajstić information content (AvgIpc) is 2.61. The Kier molecular flexibility index (Phi) is 1.96. The molecule has 2 aromatic heterocycles. The van der Waals surface area contributed by atoms with Crippen LogP contribution in [0.3, 0.4) is 0 Å². The van der Waals surface area contributed by atoms with Gasteiger partial charge in [0.25, 0.3) is 0 Å². The van der Waals surface area contributed by atoms with Crippen molar-refractivity contribution in [3.8, 4) is 0 Å². The van der Waals surface area contributed by atoms with Crippen LogP contribution in [0, 0.1) is 0 Å². The van der Waals surface area contributed by atoms with E-state index in [0.29, 0.717) is 5.65 Å². The van der Waals surface area contributed by atoms with Crippen molar-refractivity contribution in [1.29, 1.82) is 0 Å². The quantitative estimate of drug-likeness (QED) is 0.790. The van der Waals surface area contributed by atoms with Crippen LogP contribution in [0.15, 0.2) is 30.6 Å². The summed E-state index contributed by atoms with van der Waals surface area (Å²) in [4.78, 5) is 3.86. The van der Waals surface area contributed by atoms with Crippen LogP contribution in [0.2, 0.25) is 0 Å². The minimum absolute atomic E-state index is 0.171. The van der Waals surface area contributed by atoms with Crippen LogP contribution in [0.25, 0.3) is 5.65 Å². The number of fused-ring (bicyclic) bond motifs is 1. The smallest absolute Gasteiger partial charge is 0.301 e. The number of pyridine rings is 1. The van der Waals surface area contributed by atoms with Gasteiger partial charge in [-0.1, -0.05) is 6.07 Å². The Hall–Kier alpha value is -1.49. The van der Waals surface area contributed by atoms with Gasteiger partial charge in [-0.3, -0.25) is 4.40 Å². The first-order valence-corrected chi connectivity index (χ1v) is 4.15. The van der Waals surface area contributed by atoms with E-state index in [9.17, 15) is 8.78 Å². The Bertz CT molecular complexity index is 450. The third kappa shape index (κ3) is 1.26. The average molecular weight is 197 g/mol. The molecule has 0 spiro atoms. The Morgan fingerprint density at radius 1 is 1.43 bits per heavy atom. The summed E-state index contributed by atoms with van der Waals surface area (Å²) in [5.74, 6) is -3.03. The Labute approximate surface area is 79.2 Å². The first-order valence-electron chi connectivity index (χ1n) is 4.15. The number of hydrogen-bond donors (Lipinski definition) is 1. The maximum atomic E-state index is 13.3. The normalized spacial score (nSPS) is 12.2. The van der Waals surface area contributed by atoms with E-state index < -0.39 is 12.5 Å². The molecule has 0 aliphatic heterocycles. The highest BCUT2D eigenvalue weighted by Gasteiger charge is 2.32. The van der Waals surface area contributed by atoms with Crippen LogP contribution < -0.4 is 5.73 Å². The van der Waals surface area contributed by atoms with Gasteiger partial charge in [0.05, 0.1) is 12.7 Å². The summed E-state index contributed by atoms with van der Waals surface area (Å²) in [6, 6.07) is 5.08. The van der Waals surface area contributed by atoms with E-state index >= 15 is 0 Å². The summed E-state index contributed by atoms with van der Waals surface area (Å²) in [7, 11) is 0. The van der Waals surface area contributed by atoms with E-state index in [1.54, 1.807) is 24.4 Å². The van der Waals surface area contributed by atoms with Gasteiger partial charge in [0, 0.05) is 6.20 Å². The Morgan fingerprint density at radius 3 is 2.93 bits per heavy atom. The van der Waals surface area contributed by atoms with Crippen LogP contribution in [-0.4, -0.2) is 15.9 Å². The van der Waals surface area contributed by atoms with Crippen LogP contribution in [0.1, 0.15) is 5.69 Å². The molecule has 2 heterocycles. The molecule has 2 rings (SSSR count). The first-order chi connectivity index (χ1) is 6.65. The van der Waals surface area contributed by atoms with Gasteiger partial charge in [-0.25, -0.2) is 4.98 Å². The predicted octanol–water partition coefficient (Wildman–Crippen LogP) is 1.38. The van der Waals surface area contributed by atoms with Crippen LogP contribution in [-0.2, 0) is 5.92 Å². The van der Waals surface area contributed by atoms with Crippen molar-refractivity contribution in [1.82, 2.24) is 9.38 Å². The second-order valence-electron chi connectivity index (χ2n) is 2.98. The van der Waals surface area contributed by atoms with E-state index in [1.807, 2.05) is 0 Å². The highest BCUT2D eigenvalue weighted by molar-refractivity contribution is 5.40. The molecular weight excluding hydrogens is 188 g/mol. The van der Waals surface area contributed by atoms with Crippen molar-refractivity contribution >= 4 is 5.65 Å². The van der Waals surface area contributed by atoms with E-state index in [4.69, 9.17) is 5.73 Å². The number of nitrogens with zero attached hydrogens (tertiary/aromatic N) is 2. The first kappa shape index (κ1) is 9.08. The van der Waals surface area contributed by atoms with Gasteiger partial charge < -0.3 is 5.73 Å². The number of rotatable bonds is 2. The molecule has 2 N–H and O–H groups in total. The molecule has 0 radical (unpaired) electrons. The lowest BCUT2D eigenvalue weighted by molar-refractivity contribution is 0.000549. The van der Waals surface area contributed by atoms with Crippen molar-refractivity contribution in [3.63, 3.8) is 0 Å². The van der Waals surface area contributed by atoms with E-state index in [0.717, 1.165) is 6.20 Å². The fourth-order valence-corrected chi connectivity index (χ4v) is 1.31. The monoisotopic (exact) mass is 197 g/mol. The number of hydrogen-bond acceptors (Lipinski definition) is 2. The van der Waals surface area contributed by atoms with Gasteiger partial charge in [-0.05, 0) is 12.1 Å². The van der Waals surface area contributed by atoms with Crippen LogP contribution >= 0.6 is 0 Å². The molecule has 0 aliphatic carbocycles. The Morgan fingerprint density at radius 2 is 2.21 bits per heavy atom. The van der Waals surface area contributed by atoms with Crippen molar-refractivity contribution in [2.24, 2.45) is 5.73 Å². The molecular formula is C9H9F2N3. The minimum atomic E-state index is -3.03. The fourth-order valence-electron chi connectivity index (χ4n) is 1.31. The SMILES string of the molecule is NCC(F)(F)c1cnc2ccccn12. The standard InChI is InChI=1S/C9H9F2N3/c10-9(11,6-12)7-5-13-8-3-1-2-4-14(7)8/h1-5H,6,12H2. The highest BCUT2D eigenvalue weighted by Crippen LogP contribution is 2.26. The van der Waals surface area contributed by atoms with Crippen molar-refractivity contribution in [2.75, 3.05) is 6.54 Å². The maximum absolute atomic E-state index is 13.3. The van der Waals surface area contributed by atoms with Crippen molar-refractivity contribution in [2.45, 2.75) is 5.92 Å². The van der Waals surface area contributed by atoms with Crippen LogP contribution in [0.5, 0.6) is 0 Å². The van der Waals surface area contributed by atoms with E-state index in [1.165, 1.54) is 4.40 Å². The number of nitrogens with two attached hydrogens (primary N) is 1. The molecule has 0 amide bonds. The third-order valence-corrected chi connectivity index (χ3v) is 2.05. The molecule has 74 valence electrons. The van der Waals surface area contributed by atoms with Gasteiger partial charge in [0.1, 0.15) is 11.3 Å². The predicted molar refractivity (Wildman–Crippen MR) is 48.1 cm³/mol. The van der Waals surface area contributed by atoms with Crippen molar-refractivity contribution < 1.29 is 8.78 Å². The summed E-state index contributed by atoms with van der Waals surface area (Å²) in [6.07, 6.45) is 2.70. The molecule has 0 atom stereocenters. The zero-order chi connectivity index (χ0) is 10.2. The number of halogens is 2. The van der Waals surface area contributed by atoms with Crippen LogP contribution in [0.4, 0.5) is 8.78 Å². The lowest BCUT2D eigenvalue weighted by Gasteiger charge is -2.12. The molecule has 0 unspecified atom stereocenters. The number of aromatic nitrogens is 2. The van der Waals surface area contributed by atoms with Crippen molar-refractivity contribution in [3.05, 3.63) is 36.3 Å². The molecule has 0 saturated carbocycles. The molecule has 5 heteroatoms. The number of imidazole rings is 1. The van der Waals surface area contributed by atoms with Gasteiger partial charge in [-0.2, -0.15) is 8.78 Å². The van der Waals surface area contributed by atoms with Gasteiger partial charge in [-0.15, -0.1) is 0 Å². The molecule has 0 aliphatic rings. The number of alkyl halides is 2. The third-order valence-electron chi connectivity index (χ3n) is 2.05. The summed E-state index contributed by atoms with van der Waals surface area (Å²) in [6.45, 7) is -0.713. The summed E-state index contributed by atoms with van der Waals surface area (Å²) >= 11 is 0. The Balaban J connectivity index is 2.64. The molecule has 3 nitrogen and oxygen atoms in total. The summed E-state index contributed by atoms with van der Waals surface area (Å²) in [5, 5.41) is 0. The van der Waals surface area contributed by atoms with Gasteiger partial charge >= 0.3 is 5.92 Å². The second-order valence-corrected chi connectivity index (χ2v) is 2.98. The molecule has 0 aromatic carbocycles. The maximum Gasteiger partial charge on any atom is 0.301 e. The van der Waals surface area contributed by atoms with E-state index in [2.05, 4.69) is 4.98 Å². The molecule has 14 heavy (non-hydrogen) atoms. The minimum Gasteiger partial charge on any atom is -0.325 e. The zero-order valence-electron chi connectivity index (χ0n) is 7.32. The van der Waals surface area contributed by atoms with Gasteiger partial charge in [0.15, 0.2) is 0 Å². The topological polar surface area (TPSA) is 43.3 Å². The summed E-state index contributed by atoms with van der Waals surface area (Å²) in [5.41, 5.74) is 5.32. The highest BCUT2D eigenvalue weighted by atomic mass is 19.3. The molecule has 0 fully saturated rings. The second kappa shape index (κ2) is 3.02. The fraction of sp³-hybridized carbons (Fsp3) is 0.222. The molecule has 0 saturated heterocycles. The summed E-state index contributed by atoms with van der Waals surface area (Å²) < 4.78 is 27.9. The lowest BCUT2D eigenvalue weighted by Crippen LogP contribution is -2.26.